The maximum absolute atomic E-state index is 5.62. The number of nitrogens with zero attached hydrogens (tertiary/aromatic N) is 1. The summed E-state index contributed by atoms with van der Waals surface area (Å²) in [4.78, 5) is 4.21. The van der Waals surface area contributed by atoms with Crippen molar-refractivity contribution < 1.29 is 9.15 Å². The quantitative estimate of drug-likeness (QED) is 0.788. The molecule has 1 unspecified atom stereocenters. The largest absolute Gasteiger partial charge is 0.444 e. The summed E-state index contributed by atoms with van der Waals surface area (Å²) < 4.78 is 10.9. The predicted octanol–water partition coefficient (Wildman–Crippen LogP) is 1.29. The lowest BCUT2D eigenvalue weighted by Gasteiger charge is -2.01. The second-order valence-corrected chi connectivity index (χ2v) is 3.50. The molecule has 0 saturated carbocycles. The molecule has 1 atom stereocenters. The molecule has 1 N–H and O–H groups in total. The zero-order chi connectivity index (χ0) is 9.80. The molecular weight excluding hydrogens is 180 g/mol. The predicted molar refractivity (Wildman–Crippen MR) is 52.1 cm³/mol. The van der Waals surface area contributed by atoms with Crippen LogP contribution in [0.25, 0.3) is 0 Å². The molecule has 4 nitrogen and oxygen atoms in total. The maximum Gasteiger partial charge on any atom is 0.208 e. The third kappa shape index (κ3) is 2.13. The van der Waals surface area contributed by atoms with Crippen LogP contribution in [0.2, 0.25) is 0 Å². The average molecular weight is 196 g/mol. The minimum Gasteiger partial charge on any atom is -0.444 e. The van der Waals surface area contributed by atoms with Gasteiger partial charge in [-0.05, 0) is 13.0 Å². The third-order valence-corrected chi connectivity index (χ3v) is 2.43. The second kappa shape index (κ2) is 4.57. The van der Waals surface area contributed by atoms with Crippen LogP contribution in [-0.4, -0.2) is 24.7 Å². The Labute approximate surface area is 83.7 Å². The van der Waals surface area contributed by atoms with Crippen molar-refractivity contribution in [3.05, 3.63) is 17.8 Å². The van der Waals surface area contributed by atoms with Gasteiger partial charge < -0.3 is 14.5 Å². The number of nitrogens with one attached hydrogen (secondary N) is 1. The topological polar surface area (TPSA) is 47.3 Å². The van der Waals surface area contributed by atoms with Crippen molar-refractivity contribution >= 4 is 0 Å². The van der Waals surface area contributed by atoms with E-state index in [1.807, 2.05) is 6.20 Å². The standard InChI is InChI=1S/C10H16N2O2/c1-2-11-6-10-12-5-9(14-10)8-3-4-13-7-8/h5,8,11H,2-4,6-7H2,1H3. The molecule has 1 aromatic heterocycles. The average Bonchev–Trinajstić information content (AvgIpc) is 2.85. The van der Waals surface area contributed by atoms with Gasteiger partial charge >= 0.3 is 0 Å². The SMILES string of the molecule is CCNCc1ncc(C2CCOC2)o1. The highest BCUT2D eigenvalue weighted by Crippen LogP contribution is 2.25. The first-order valence-electron chi connectivity index (χ1n) is 5.13. The molecule has 0 aromatic carbocycles. The third-order valence-electron chi connectivity index (χ3n) is 2.43. The Morgan fingerprint density at radius 1 is 1.64 bits per heavy atom. The summed E-state index contributed by atoms with van der Waals surface area (Å²) >= 11 is 0. The van der Waals surface area contributed by atoms with Crippen molar-refractivity contribution in [1.29, 1.82) is 0 Å². The van der Waals surface area contributed by atoms with Crippen LogP contribution in [-0.2, 0) is 11.3 Å². The van der Waals surface area contributed by atoms with Crippen LogP contribution in [0.15, 0.2) is 10.6 Å². The van der Waals surface area contributed by atoms with Gasteiger partial charge in [0, 0.05) is 12.5 Å². The lowest BCUT2D eigenvalue weighted by Crippen LogP contribution is -2.11. The van der Waals surface area contributed by atoms with Crippen molar-refractivity contribution in [1.82, 2.24) is 10.3 Å². The van der Waals surface area contributed by atoms with Crippen LogP contribution in [0.5, 0.6) is 0 Å². The van der Waals surface area contributed by atoms with Gasteiger partial charge in [-0.1, -0.05) is 6.92 Å². The molecule has 4 heteroatoms. The lowest BCUT2D eigenvalue weighted by molar-refractivity contribution is 0.191. The van der Waals surface area contributed by atoms with Crippen LogP contribution in [0.4, 0.5) is 0 Å². The molecule has 0 radical (unpaired) electrons. The van der Waals surface area contributed by atoms with Crippen LogP contribution in [0, 0.1) is 0 Å². The number of ether oxygens (including phenoxy) is 1. The van der Waals surface area contributed by atoms with Gasteiger partial charge in [0.05, 0.1) is 19.3 Å². The van der Waals surface area contributed by atoms with Crippen molar-refractivity contribution in [2.24, 2.45) is 0 Å². The summed E-state index contributed by atoms with van der Waals surface area (Å²) in [6.07, 6.45) is 2.88. The van der Waals surface area contributed by atoms with Gasteiger partial charge in [-0.3, -0.25) is 0 Å². The first kappa shape index (κ1) is 9.68. The highest BCUT2D eigenvalue weighted by molar-refractivity contribution is 5.03. The van der Waals surface area contributed by atoms with E-state index in [0.717, 1.165) is 37.8 Å². The van der Waals surface area contributed by atoms with Gasteiger partial charge in [0.25, 0.3) is 0 Å². The van der Waals surface area contributed by atoms with Crippen LogP contribution < -0.4 is 5.32 Å². The van der Waals surface area contributed by atoms with E-state index < -0.39 is 0 Å². The fourth-order valence-electron chi connectivity index (χ4n) is 1.59. The molecule has 0 bridgehead atoms. The highest BCUT2D eigenvalue weighted by atomic mass is 16.5. The first-order chi connectivity index (χ1) is 6.90. The summed E-state index contributed by atoms with van der Waals surface area (Å²) in [5.74, 6) is 2.15. The summed E-state index contributed by atoms with van der Waals surface area (Å²) in [6.45, 7) is 5.33. The van der Waals surface area contributed by atoms with E-state index in [-0.39, 0.29) is 0 Å². The zero-order valence-electron chi connectivity index (χ0n) is 8.45. The Bertz CT molecular complexity index is 279. The summed E-state index contributed by atoms with van der Waals surface area (Å²) in [5, 5.41) is 3.18. The second-order valence-electron chi connectivity index (χ2n) is 3.50. The van der Waals surface area contributed by atoms with Crippen molar-refractivity contribution in [2.45, 2.75) is 25.8 Å². The van der Waals surface area contributed by atoms with E-state index in [0.29, 0.717) is 12.5 Å². The van der Waals surface area contributed by atoms with Crippen LogP contribution in [0.1, 0.15) is 30.9 Å². The van der Waals surface area contributed by atoms with E-state index in [4.69, 9.17) is 9.15 Å². The molecule has 14 heavy (non-hydrogen) atoms. The Morgan fingerprint density at radius 3 is 3.29 bits per heavy atom. The molecule has 0 amide bonds. The lowest BCUT2D eigenvalue weighted by atomic mass is 10.1. The Hall–Kier alpha value is -0.870. The van der Waals surface area contributed by atoms with Crippen molar-refractivity contribution in [2.75, 3.05) is 19.8 Å². The number of rotatable bonds is 4. The Morgan fingerprint density at radius 2 is 2.57 bits per heavy atom. The summed E-state index contributed by atoms with van der Waals surface area (Å²) in [7, 11) is 0. The number of hydrogen-bond acceptors (Lipinski definition) is 4. The molecule has 1 saturated heterocycles. The fraction of sp³-hybridized carbons (Fsp3) is 0.700. The molecular formula is C10H16N2O2. The molecule has 1 fully saturated rings. The van der Waals surface area contributed by atoms with Gasteiger partial charge in [-0.2, -0.15) is 0 Å². The fourth-order valence-corrected chi connectivity index (χ4v) is 1.59. The van der Waals surface area contributed by atoms with Crippen LogP contribution in [0.3, 0.4) is 0 Å². The molecule has 0 spiro atoms. The Balaban J connectivity index is 1.94. The maximum atomic E-state index is 5.62. The molecule has 0 aliphatic carbocycles. The van der Waals surface area contributed by atoms with E-state index >= 15 is 0 Å². The van der Waals surface area contributed by atoms with Crippen LogP contribution >= 0.6 is 0 Å². The van der Waals surface area contributed by atoms with Crippen molar-refractivity contribution in [3.8, 4) is 0 Å². The van der Waals surface area contributed by atoms with Gasteiger partial charge in [0.15, 0.2) is 0 Å². The zero-order valence-corrected chi connectivity index (χ0v) is 8.45. The molecule has 1 aliphatic heterocycles. The molecule has 1 aliphatic rings. The van der Waals surface area contributed by atoms with Gasteiger partial charge in [-0.25, -0.2) is 4.98 Å². The smallest absolute Gasteiger partial charge is 0.208 e. The first-order valence-corrected chi connectivity index (χ1v) is 5.13. The molecule has 78 valence electrons. The molecule has 2 heterocycles. The van der Waals surface area contributed by atoms with Gasteiger partial charge in [-0.15, -0.1) is 0 Å². The summed E-state index contributed by atoms with van der Waals surface area (Å²) in [5.41, 5.74) is 0. The number of aromatic nitrogens is 1. The monoisotopic (exact) mass is 196 g/mol. The Kier molecular flexibility index (Phi) is 3.16. The van der Waals surface area contributed by atoms with E-state index in [2.05, 4.69) is 17.2 Å². The minimum absolute atomic E-state index is 0.415. The van der Waals surface area contributed by atoms with Gasteiger partial charge in [0.1, 0.15) is 5.76 Å². The normalized spacial score (nSPS) is 21.6. The highest BCUT2D eigenvalue weighted by Gasteiger charge is 2.21. The van der Waals surface area contributed by atoms with E-state index in [9.17, 15) is 0 Å². The molecule has 1 aromatic rings. The minimum atomic E-state index is 0.415. The number of hydrogen-bond donors (Lipinski definition) is 1. The van der Waals surface area contributed by atoms with Crippen molar-refractivity contribution in [3.63, 3.8) is 0 Å². The summed E-state index contributed by atoms with van der Waals surface area (Å²) in [6, 6.07) is 0. The molecule has 2 rings (SSSR count). The van der Waals surface area contributed by atoms with E-state index in [1.54, 1.807) is 0 Å². The van der Waals surface area contributed by atoms with E-state index in [1.165, 1.54) is 0 Å². The van der Waals surface area contributed by atoms with Gasteiger partial charge in [0.2, 0.25) is 5.89 Å². The number of oxazole rings is 1.